The van der Waals surface area contributed by atoms with Gasteiger partial charge in [0.15, 0.2) is 0 Å². The van der Waals surface area contributed by atoms with Gasteiger partial charge in [-0.1, -0.05) is 19.1 Å². The first kappa shape index (κ1) is 22.4. The van der Waals surface area contributed by atoms with E-state index in [4.69, 9.17) is 4.74 Å². The molecule has 1 amide bonds. The molecule has 6 nitrogen and oxygen atoms in total. The maximum atomic E-state index is 12.6. The second kappa shape index (κ2) is 12.7. The maximum Gasteiger partial charge on any atom is 0.337 e. The van der Waals surface area contributed by atoms with Crippen molar-refractivity contribution >= 4 is 23.3 Å². The maximum absolute atomic E-state index is 12.6. The molecule has 148 valence electrons. The van der Waals surface area contributed by atoms with Crippen molar-refractivity contribution in [3.63, 3.8) is 0 Å². The summed E-state index contributed by atoms with van der Waals surface area (Å²) in [6.45, 7) is 10.5. The van der Waals surface area contributed by atoms with Crippen LogP contribution in [0.15, 0.2) is 43.5 Å². The Morgan fingerprint density at radius 1 is 1.26 bits per heavy atom. The summed E-state index contributed by atoms with van der Waals surface area (Å²) in [7, 11) is 0. The zero-order valence-corrected chi connectivity index (χ0v) is 16.1. The van der Waals surface area contributed by atoms with Crippen LogP contribution in [0.1, 0.15) is 43.0 Å². The molecule has 0 unspecified atom stereocenters. The number of benzene rings is 1. The van der Waals surface area contributed by atoms with Gasteiger partial charge < -0.3 is 20.1 Å². The first-order valence-electron chi connectivity index (χ1n) is 9.26. The van der Waals surface area contributed by atoms with Gasteiger partial charge in [0.05, 0.1) is 17.9 Å². The monoisotopic (exact) mass is 374 g/mol. The van der Waals surface area contributed by atoms with E-state index in [0.717, 1.165) is 31.5 Å². The average molecular weight is 374 g/mol. The summed E-state index contributed by atoms with van der Waals surface area (Å²) in [6.07, 6.45) is 7.14. The van der Waals surface area contributed by atoms with Crippen molar-refractivity contribution in [2.75, 3.05) is 36.5 Å². The standard InChI is InChI=1S/C21H30N2O4/c1-4-7-8-9-12-22-17-10-11-18(21(25)26)19(15-17)23(13-5-2)20(24)16-27-14-6-3/h4,6,10-11,15,22H,1,3,5,7-9,12-14,16H2,2H3,(H,25,26). The first-order valence-corrected chi connectivity index (χ1v) is 9.26. The molecular weight excluding hydrogens is 344 g/mol. The summed E-state index contributed by atoms with van der Waals surface area (Å²) in [5.74, 6) is -1.34. The van der Waals surface area contributed by atoms with Crippen LogP contribution in [0.4, 0.5) is 11.4 Å². The number of hydrogen-bond acceptors (Lipinski definition) is 4. The molecule has 0 radical (unpaired) electrons. The van der Waals surface area contributed by atoms with Crippen LogP contribution >= 0.6 is 0 Å². The number of allylic oxidation sites excluding steroid dienone is 1. The summed E-state index contributed by atoms with van der Waals surface area (Å²) < 4.78 is 5.25. The number of unbranched alkanes of at least 4 members (excludes halogenated alkanes) is 2. The molecule has 1 rings (SSSR count). The minimum Gasteiger partial charge on any atom is -0.478 e. The Morgan fingerprint density at radius 2 is 2.04 bits per heavy atom. The van der Waals surface area contributed by atoms with Gasteiger partial charge in [-0.2, -0.15) is 0 Å². The SMILES string of the molecule is C=CCCCCNc1ccc(C(=O)O)c(N(CCC)C(=O)COCC=C)c1. The van der Waals surface area contributed by atoms with Crippen LogP contribution in [0.25, 0.3) is 0 Å². The molecule has 0 bridgehead atoms. The second-order valence-electron chi connectivity index (χ2n) is 6.10. The molecule has 1 aromatic rings. The van der Waals surface area contributed by atoms with Gasteiger partial charge in [-0.3, -0.25) is 4.79 Å². The molecule has 6 heteroatoms. The van der Waals surface area contributed by atoms with Gasteiger partial charge in [0.2, 0.25) is 0 Å². The van der Waals surface area contributed by atoms with E-state index in [9.17, 15) is 14.7 Å². The highest BCUT2D eigenvalue weighted by molar-refractivity contribution is 6.03. The van der Waals surface area contributed by atoms with Gasteiger partial charge in [0.25, 0.3) is 5.91 Å². The van der Waals surface area contributed by atoms with E-state index in [-0.39, 0.29) is 24.7 Å². The third-order valence-electron chi connectivity index (χ3n) is 3.89. The van der Waals surface area contributed by atoms with E-state index in [0.29, 0.717) is 18.7 Å². The van der Waals surface area contributed by atoms with Crippen molar-refractivity contribution in [1.82, 2.24) is 0 Å². The fraction of sp³-hybridized carbons (Fsp3) is 0.429. The molecule has 0 saturated carbocycles. The lowest BCUT2D eigenvalue weighted by Crippen LogP contribution is -2.36. The third-order valence-corrected chi connectivity index (χ3v) is 3.89. The van der Waals surface area contributed by atoms with Crippen molar-refractivity contribution in [1.29, 1.82) is 0 Å². The molecule has 0 aliphatic carbocycles. The number of ether oxygens (including phenoxy) is 1. The lowest BCUT2D eigenvalue weighted by Gasteiger charge is -2.24. The van der Waals surface area contributed by atoms with Crippen LogP contribution in [0.3, 0.4) is 0 Å². The molecule has 1 aromatic carbocycles. The Labute approximate surface area is 161 Å². The van der Waals surface area contributed by atoms with Crippen molar-refractivity contribution in [3.8, 4) is 0 Å². The summed E-state index contributed by atoms with van der Waals surface area (Å²) in [5, 5.41) is 12.8. The average Bonchev–Trinajstić information content (AvgIpc) is 2.65. The van der Waals surface area contributed by atoms with Crippen LogP contribution < -0.4 is 10.2 Å². The number of nitrogens with one attached hydrogen (secondary N) is 1. The van der Waals surface area contributed by atoms with E-state index in [1.165, 1.54) is 11.0 Å². The van der Waals surface area contributed by atoms with E-state index >= 15 is 0 Å². The predicted octanol–water partition coefficient (Wildman–Crippen LogP) is 4.10. The number of rotatable bonds is 14. The van der Waals surface area contributed by atoms with Gasteiger partial charge in [-0.05, 0) is 43.9 Å². The molecule has 0 aromatic heterocycles. The molecule has 27 heavy (non-hydrogen) atoms. The number of carboxylic acid groups (broad SMARTS) is 1. The fourth-order valence-corrected chi connectivity index (χ4v) is 2.60. The van der Waals surface area contributed by atoms with Crippen LogP contribution in [0, 0.1) is 0 Å². The lowest BCUT2D eigenvalue weighted by molar-refractivity contribution is -0.122. The Kier molecular flexibility index (Phi) is 10.6. The Hall–Kier alpha value is -2.60. The number of carbonyl (C=O) groups excluding carboxylic acids is 1. The van der Waals surface area contributed by atoms with Crippen LogP contribution in [0.5, 0.6) is 0 Å². The molecule has 0 aliphatic heterocycles. The van der Waals surface area contributed by atoms with Gasteiger partial charge in [-0.15, -0.1) is 13.2 Å². The second-order valence-corrected chi connectivity index (χ2v) is 6.10. The van der Waals surface area contributed by atoms with Crippen LogP contribution in [-0.2, 0) is 9.53 Å². The van der Waals surface area contributed by atoms with Crippen molar-refractivity contribution in [2.45, 2.75) is 32.6 Å². The first-order chi connectivity index (χ1) is 13.0. The molecule has 0 heterocycles. The number of carboxylic acids is 1. The quantitative estimate of drug-likeness (QED) is 0.379. The third kappa shape index (κ3) is 7.66. The topological polar surface area (TPSA) is 78.9 Å². The lowest BCUT2D eigenvalue weighted by atomic mass is 10.1. The largest absolute Gasteiger partial charge is 0.478 e. The number of carbonyl (C=O) groups is 2. The molecule has 0 fully saturated rings. The molecule has 0 atom stereocenters. The van der Waals surface area contributed by atoms with Crippen molar-refractivity contribution < 1.29 is 19.4 Å². The number of aromatic carboxylic acids is 1. The van der Waals surface area contributed by atoms with E-state index in [1.807, 2.05) is 13.0 Å². The molecular formula is C21H30N2O4. The smallest absolute Gasteiger partial charge is 0.337 e. The van der Waals surface area contributed by atoms with Crippen LogP contribution in [-0.4, -0.2) is 43.3 Å². The number of amides is 1. The van der Waals surface area contributed by atoms with Crippen molar-refractivity contribution in [2.24, 2.45) is 0 Å². The fourth-order valence-electron chi connectivity index (χ4n) is 2.60. The molecule has 0 spiro atoms. The van der Waals surface area contributed by atoms with Gasteiger partial charge in [0.1, 0.15) is 6.61 Å². The minimum atomic E-state index is -1.07. The Bertz CT molecular complexity index is 643. The summed E-state index contributed by atoms with van der Waals surface area (Å²) >= 11 is 0. The van der Waals surface area contributed by atoms with Gasteiger partial charge in [-0.25, -0.2) is 4.79 Å². The molecule has 0 saturated heterocycles. The summed E-state index contributed by atoms with van der Waals surface area (Å²) in [5.41, 5.74) is 1.26. The summed E-state index contributed by atoms with van der Waals surface area (Å²) in [6, 6.07) is 4.98. The zero-order chi connectivity index (χ0) is 20.1. The highest BCUT2D eigenvalue weighted by Gasteiger charge is 2.21. The normalized spacial score (nSPS) is 10.3. The number of nitrogens with zero attached hydrogens (tertiary/aromatic N) is 1. The number of hydrogen-bond donors (Lipinski definition) is 2. The van der Waals surface area contributed by atoms with E-state index in [1.54, 1.807) is 18.2 Å². The Morgan fingerprint density at radius 3 is 2.67 bits per heavy atom. The van der Waals surface area contributed by atoms with Gasteiger partial charge in [0, 0.05) is 18.8 Å². The van der Waals surface area contributed by atoms with Crippen LogP contribution in [0.2, 0.25) is 0 Å². The number of anilines is 2. The van der Waals surface area contributed by atoms with Gasteiger partial charge >= 0.3 is 5.97 Å². The highest BCUT2D eigenvalue weighted by Crippen LogP contribution is 2.26. The summed E-state index contributed by atoms with van der Waals surface area (Å²) in [4.78, 5) is 25.7. The van der Waals surface area contributed by atoms with Crippen molar-refractivity contribution in [3.05, 3.63) is 49.1 Å². The zero-order valence-electron chi connectivity index (χ0n) is 16.1. The highest BCUT2D eigenvalue weighted by atomic mass is 16.5. The Balaban J connectivity index is 3.00. The molecule has 0 aliphatic rings. The van der Waals surface area contributed by atoms with E-state index < -0.39 is 5.97 Å². The molecule has 2 N–H and O–H groups in total. The predicted molar refractivity (Wildman–Crippen MR) is 110 cm³/mol. The van der Waals surface area contributed by atoms with E-state index in [2.05, 4.69) is 18.5 Å². The minimum absolute atomic E-state index is 0.0951.